The third-order valence-corrected chi connectivity index (χ3v) is 5.22. The lowest BCUT2D eigenvalue weighted by atomic mass is 9.75. The van der Waals surface area contributed by atoms with Crippen molar-refractivity contribution in [3.63, 3.8) is 0 Å². The highest BCUT2D eigenvalue weighted by Gasteiger charge is 2.36. The lowest BCUT2D eigenvalue weighted by molar-refractivity contribution is 0.119. The van der Waals surface area contributed by atoms with Gasteiger partial charge in [-0.05, 0) is 68.5 Å². The largest absolute Gasteiger partial charge is 0.300 e. The standard InChI is InChI=1S/C17H23N/c1-12-2-5-14-9-16-10-15(17(14)8-12)6-7-18(16)11-13-3-4-13/h2,5,8,13,15-16H,3-4,6-7,9-11H2,1H3. The van der Waals surface area contributed by atoms with Crippen molar-refractivity contribution in [2.24, 2.45) is 5.92 Å². The molecule has 96 valence electrons. The van der Waals surface area contributed by atoms with Gasteiger partial charge < -0.3 is 0 Å². The van der Waals surface area contributed by atoms with Crippen LogP contribution in [0.1, 0.15) is 48.3 Å². The van der Waals surface area contributed by atoms with Crippen molar-refractivity contribution < 1.29 is 0 Å². The maximum atomic E-state index is 2.80. The summed E-state index contributed by atoms with van der Waals surface area (Å²) in [6.07, 6.45) is 7.09. The van der Waals surface area contributed by atoms with Crippen LogP contribution in [0.25, 0.3) is 0 Å². The molecular weight excluding hydrogens is 218 g/mol. The lowest BCUT2D eigenvalue weighted by Gasteiger charge is -2.44. The third kappa shape index (κ3) is 1.89. The predicted molar refractivity (Wildman–Crippen MR) is 74.9 cm³/mol. The number of hydrogen-bond donors (Lipinski definition) is 0. The molecule has 2 aliphatic carbocycles. The number of likely N-dealkylation sites (tertiary alicyclic amines) is 1. The smallest absolute Gasteiger partial charge is 0.0142 e. The van der Waals surface area contributed by atoms with Gasteiger partial charge in [0, 0.05) is 12.6 Å². The van der Waals surface area contributed by atoms with Crippen LogP contribution in [0.5, 0.6) is 0 Å². The zero-order chi connectivity index (χ0) is 12.1. The normalized spacial score (nSPS) is 31.2. The minimum absolute atomic E-state index is 0.847. The van der Waals surface area contributed by atoms with E-state index in [1.807, 2.05) is 0 Å². The number of piperidine rings is 1. The molecule has 3 aliphatic rings. The van der Waals surface area contributed by atoms with Crippen molar-refractivity contribution in [3.05, 3.63) is 34.9 Å². The van der Waals surface area contributed by atoms with Crippen LogP contribution in [0, 0.1) is 12.8 Å². The monoisotopic (exact) mass is 241 g/mol. The van der Waals surface area contributed by atoms with Gasteiger partial charge in [0.2, 0.25) is 0 Å². The highest BCUT2D eigenvalue weighted by molar-refractivity contribution is 5.38. The lowest BCUT2D eigenvalue weighted by Crippen LogP contribution is -2.46. The number of nitrogens with zero attached hydrogens (tertiary/aromatic N) is 1. The Morgan fingerprint density at radius 1 is 1.22 bits per heavy atom. The van der Waals surface area contributed by atoms with E-state index in [-0.39, 0.29) is 0 Å². The molecular formula is C17H23N. The molecule has 0 amide bonds. The molecule has 1 aromatic carbocycles. The van der Waals surface area contributed by atoms with E-state index in [1.54, 1.807) is 11.1 Å². The summed E-state index contributed by atoms with van der Waals surface area (Å²) in [6.45, 7) is 4.96. The van der Waals surface area contributed by atoms with Crippen molar-refractivity contribution in [2.45, 2.75) is 51.0 Å². The van der Waals surface area contributed by atoms with E-state index in [0.717, 1.165) is 17.9 Å². The van der Waals surface area contributed by atoms with Crippen LogP contribution in [0.3, 0.4) is 0 Å². The first kappa shape index (κ1) is 11.0. The van der Waals surface area contributed by atoms with Gasteiger partial charge in [0.05, 0.1) is 0 Å². The second-order valence-corrected chi connectivity index (χ2v) is 6.72. The van der Waals surface area contributed by atoms with Gasteiger partial charge in [0.25, 0.3) is 0 Å². The van der Waals surface area contributed by atoms with E-state index >= 15 is 0 Å². The molecule has 0 radical (unpaired) electrons. The molecule has 2 atom stereocenters. The molecule has 1 heterocycles. The highest BCUT2D eigenvalue weighted by atomic mass is 15.2. The summed E-state index contributed by atoms with van der Waals surface area (Å²) < 4.78 is 0. The molecule has 1 saturated carbocycles. The van der Waals surface area contributed by atoms with Crippen molar-refractivity contribution in [2.75, 3.05) is 13.1 Å². The fourth-order valence-electron chi connectivity index (χ4n) is 4.00. The Bertz CT molecular complexity index is 461. The first-order valence-electron chi connectivity index (χ1n) is 7.63. The maximum absolute atomic E-state index is 2.80. The molecule has 4 rings (SSSR count). The van der Waals surface area contributed by atoms with Crippen LogP contribution >= 0.6 is 0 Å². The van der Waals surface area contributed by atoms with Crippen LogP contribution in [0.4, 0.5) is 0 Å². The molecule has 0 aromatic heterocycles. The average molecular weight is 241 g/mol. The van der Waals surface area contributed by atoms with Crippen molar-refractivity contribution in [3.8, 4) is 0 Å². The van der Waals surface area contributed by atoms with Crippen LogP contribution in [0.2, 0.25) is 0 Å². The Morgan fingerprint density at radius 2 is 2.11 bits per heavy atom. The zero-order valence-electron chi connectivity index (χ0n) is 11.4. The molecule has 1 heteroatoms. The number of benzene rings is 1. The first-order valence-corrected chi connectivity index (χ1v) is 7.63. The number of aryl methyl sites for hydroxylation is 1. The Kier molecular flexibility index (Phi) is 2.51. The Balaban J connectivity index is 1.60. The number of rotatable bonds is 2. The molecule has 0 spiro atoms. The van der Waals surface area contributed by atoms with Crippen LogP contribution < -0.4 is 0 Å². The van der Waals surface area contributed by atoms with Crippen molar-refractivity contribution >= 4 is 0 Å². The molecule has 2 fully saturated rings. The Hall–Kier alpha value is -0.820. The zero-order valence-corrected chi connectivity index (χ0v) is 11.4. The Labute approximate surface area is 110 Å². The number of fused-ring (bicyclic) bond motifs is 4. The van der Waals surface area contributed by atoms with Crippen LogP contribution in [-0.2, 0) is 6.42 Å². The molecule has 1 nitrogen and oxygen atoms in total. The molecule has 2 bridgehead atoms. The Morgan fingerprint density at radius 3 is 2.94 bits per heavy atom. The van der Waals surface area contributed by atoms with E-state index in [0.29, 0.717) is 0 Å². The van der Waals surface area contributed by atoms with E-state index in [1.165, 1.54) is 50.8 Å². The molecule has 2 unspecified atom stereocenters. The topological polar surface area (TPSA) is 3.24 Å². The van der Waals surface area contributed by atoms with Crippen molar-refractivity contribution in [1.82, 2.24) is 4.90 Å². The second-order valence-electron chi connectivity index (χ2n) is 6.72. The van der Waals surface area contributed by atoms with Gasteiger partial charge in [-0.3, -0.25) is 4.90 Å². The summed E-state index contributed by atoms with van der Waals surface area (Å²) in [5, 5.41) is 0. The maximum Gasteiger partial charge on any atom is 0.0142 e. The van der Waals surface area contributed by atoms with Gasteiger partial charge in [-0.25, -0.2) is 0 Å². The summed E-state index contributed by atoms with van der Waals surface area (Å²) in [5.74, 6) is 1.90. The second kappa shape index (κ2) is 4.09. The fraction of sp³-hybridized carbons (Fsp3) is 0.647. The SMILES string of the molecule is Cc1ccc2c(c1)C1CCN(CC3CC3)C(C2)C1. The summed E-state index contributed by atoms with van der Waals surface area (Å²) in [4.78, 5) is 2.80. The molecule has 1 aromatic rings. The van der Waals surface area contributed by atoms with Crippen LogP contribution in [-0.4, -0.2) is 24.0 Å². The average Bonchev–Trinajstić information content (AvgIpc) is 3.18. The van der Waals surface area contributed by atoms with Gasteiger partial charge in [0.15, 0.2) is 0 Å². The van der Waals surface area contributed by atoms with Crippen LogP contribution in [0.15, 0.2) is 18.2 Å². The minimum atomic E-state index is 0.847. The summed E-state index contributed by atoms with van der Waals surface area (Å²) >= 11 is 0. The summed E-state index contributed by atoms with van der Waals surface area (Å²) in [5.41, 5.74) is 4.76. The van der Waals surface area contributed by atoms with Gasteiger partial charge in [-0.2, -0.15) is 0 Å². The summed E-state index contributed by atoms with van der Waals surface area (Å²) in [6, 6.07) is 7.99. The predicted octanol–water partition coefficient (Wildman–Crippen LogP) is 3.51. The van der Waals surface area contributed by atoms with Gasteiger partial charge in [0.1, 0.15) is 0 Å². The quantitative estimate of drug-likeness (QED) is 0.766. The van der Waals surface area contributed by atoms with E-state index < -0.39 is 0 Å². The van der Waals surface area contributed by atoms with E-state index in [9.17, 15) is 0 Å². The van der Waals surface area contributed by atoms with E-state index in [4.69, 9.17) is 0 Å². The van der Waals surface area contributed by atoms with Gasteiger partial charge in [-0.1, -0.05) is 23.8 Å². The molecule has 0 N–H and O–H groups in total. The highest BCUT2D eigenvalue weighted by Crippen LogP contribution is 2.41. The van der Waals surface area contributed by atoms with E-state index in [2.05, 4.69) is 30.0 Å². The minimum Gasteiger partial charge on any atom is -0.300 e. The molecule has 18 heavy (non-hydrogen) atoms. The van der Waals surface area contributed by atoms with Crippen molar-refractivity contribution in [1.29, 1.82) is 0 Å². The first-order chi connectivity index (χ1) is 8.79. The summed E-state index contributed by atoms with van der Waals surface area (Å²) in [7, 11) is 0. The third-order valence-electron chi connectivity index (χ3n) is 5.22. The number of hydrogen-bond acceptors (Lipinski definition) is 1. The fourth-order valence-corrected chi connectivity index (χ4v) is 4.00. The van der Waals surface area contributed by atoms with Gasteiger partial charge in [-0.15, -0.1) is 0 Å². The molecule has 1 saturated heterocycles. The molecule has 1 aliphatic heterocycles. The van der Waals surface area contributed by atoms with Gasteiger partial charge >= 0.3 is 0 Å².